The van der Waals surface area contributed by atoms with Crippen LogP contribution in [0.2, 0.25) is 0 Å². The van der Waals surface area contributed by atoms with Gasteiger partial charge in [0.05, 0.1) is 0 Å². The molecule has 0 aromatic heterocycles. The number of Topliss-reactive ketones (excluding diaryl/α,β-unsaturated/α-hetero) is 1. The van der Waals surface area contributed by atoms with Crippen LogP contribution in [-0.4, -0.2) is 5.78 Å². The van der Waals surface area contributed by atoms with E-state index in [2.05, 4.69) is 0 Å². The molecule has 0 unspecified atom stereocenters. The van der Waals surface area contributed by atoms with Crippen molar-refractivity contribution in [2.75, 3.05) is 0 Å². The van der Waals surface area contributed by atoms with Crippen LogP contribution in [-0.2, 0) is 5.92 Å². The highest BCUT2D eigenvalue weighted by Gasteiger charge is 2.42. The monoisotopic (exact) mass is 340 g/mol. The smallest absolute Gasteiger partial charge is 0.287 e. The van der Waals surface area contributed by atoms with Gasteiger partial charge in [-0.25, -0.2) is 0 Å². The molecule has 3 aromatic carbocycles. The van der Waals surface area contributed by atoms with Crippen molar-refractivity contribution in [1.82, 2.24) is 0 Å². The summed E-state index contributed by atoms with van der Waals surface area (Å²) in [5, 5.41) is 0. The average Bonchev–Trinajstić information content (AvgIpc) is 2.63. The van der Waals surface area contributed by atoms with E-state index in [4.69, 9.17) is 0 Å². The van der Waals surface area contributed by atoms with Gasteiger partial charge in [-0.3, -0.25) is 4.79 Å². The molecule has 0 heterocycles. The van der Waals surface area contributed by atoms with Crippen LogP contribution in [0.3, 0.4) is 0 Å². The molecule has 1 nitrogen and oxygen atoms in total. The van der Waals surface area contributed by atoms with E-state index in [-0.39, 0.29) is 11.1 Å². The Balaban J connectivity index is 1.98. The first kappa shape index (κ1) is 16.4. The van der Waals surface area contributed by atoms with Gasteiger partial charge in [0, 0.05) is 20.9 Å². The van der Waals surface area contributed by atoms with Gasteiger partial charge in [-0.1, -0.05) is 78.5 Å². The van der Waals surface area contributed by atoms with Gasteiger partial charge < -0.3 is 0 Å². The van der Waals surface area contributed by atoms with Gasteiger partial charge in [-0.15, -0.1) is 0 Å². The number of benzene rings is 3. The Hall–Kier alpha value is -2.46. The highest BCUT2D eigenvalue weighted by atomic mass is 32.2. The molecule has 3 rings (SSSR count). The van der Waals surface area contributed by atoms with Gasteiger partial charge in [0.2, 0.25) is 5.78 Å². The lowest BCUT2D eigenvalue weighted by Crippen LogP contribution is -2.26. The molecule has 0 saturated carbocycles. The summed E-state index contributed by atoms with van der Waals surface area (Å²) in [5.74, 6) is -4.77. The summed E-state index contributed by atoms with van der Waals surface area (Å²) in [6, 6.07) is 23.0. The molecule has 0 fully saturated rings. The number of ketones is 1. The molecule has 0 bridgehead atoms. The summed E-state index contributed by atoms with van der Waals surface area (Å²) in [5.41, 5.74) is -0.269. The molecule has 0 spiro atoms. The molecule has 0 N–H and O–H groups in total. The maximum absolute atomic E-state index is 14.8. The summed E-state index contributed by atoms with van der Waals surface area (Å²) in [7, 11) is 0. The van der Waals surface area contributed by atoms with E-state index in [1.54, 1.807) is 30.3 Å². The second-order valence-corrected chi connectivity index (χ2v) is 6.30. The zero-order chi connectivity index (χ0) is 17.0. The molecule has 0 atom stereocenters. The van der Waals surface area contributed by atoms with Crippen molar-refractivity contribution >= 4 is 17.5 Å². The molecule has 0 saturated heterocycles. The Morgan fingerprint density at radius 1 is 0.750 bits per heavy atom. The van der Waals surface area contributed by atoms with Crippen molar-refractivity contribution in [1.29, 1.82) is 0 Å². The van der Waals surface area contributed by atoms with Crippen molar-refractivity contribution in [3.8, 4) is 0 Å². The van der Waals surface area contributed by atoms with Crippen LogP contribution in [0, 0.1) is 0 Å². The van der Waals surface area contributed by atoms with Crippen molar-refractivity contribution in [2.24, 2.45) is 0 Å². The fourth-order valence-electron chi connectivity index (χ4n) is 2.32. The third kappa shape index (κ3) is 3.39. The average molecular weight is 340 g/mol. The number of halogens is 2. The summed E-state index contributed by atoms with van der Waals surface area (Å²) >= 11 is 1.22. The standard InChI is InChI=1S/C20H14F2OS/c21-20(22,19(23)15-9-3-1-4-10-15)17-13-7-8-14-18(17)24-16-11-5-2-6-12-16/h1-14H. The van der Waals surface area contributed by atoms with Gasteiger partial charge in [0.15, 0.2) is 0 Å². The lowest BCUT2D eigenvalue weighted by atomic mass is 9.99. The maximum Gasteiger partial charge on any atom is 0.336 e. The van der Waals surface area contributed by atoms with Crippen LogP contribution < -0.4 is 0 Å². The van der Waals surface area contributed by atoms with E-state index >= 15 is 0 Å². The van der Waals surface area contributed by atoms with Crippen LogP contribution in [0.1, 0.15) is 15.9 Å². The number of carbonyl (C=O) groups excluding carboxylic acids is 1. The SMILES string of the molecule is O=C(c1ccccc1)C(F)(F)c1ccccc1Sc1ccccc1. The van der Waals surface area contributed by atoms with Gasteiger partial charge in [0.1, 0.15) is 0 Å². The van der Waals surface area contributed by atoms with Crippen molar-refractivity contribution in [3.63, 3.8) is 0 Å². The van der Waals surface area contributed by atoms with Crippen LogP contribution >= 0.6 is 11.8 Å². The Labute approximate surface area is 143 Å². The number of hydrogen-bond donors (Lipinski definition) is 0. The largest absolute Gasteiger partial charge is 0.336 e. The normalized spacial score (nSPS) is 11.2. The molecule has 0 aliphatic rings. The molecular formula is C20H14F2OS. The first-order valence-electron chi connectivity index (χ1n) is 7.39. The minimum Gasteiger partial charge on any atom is -0.287 e. The van der Waals surface area contributed by atoms with E-state index in [0.717, 1.165) is 4.90 Å². The van der Waals surface area contributed by atoms with Crippen LogP contribution in [0.25, 0.3) is 0 Å². The van der Waals surface area contributed by atoms with Crippen molar-refractivity contribution < 1.29 is 13.6 Å². The molecule has 120 valence electrons. The molecule has 0 aliphatic carbocycles. The number of alkyl halides is 2. The van der Waals surface area contributed by atoms with Gasteiger partial charge >= 0.3 is 5.92 Å². The fourth-order valence-corrected chi connectivity index (χ4v) is 3.32. The van der Waals surface area contributed by atoms with E-state index in [0.29, 0.717) is 4.90 Å². The summed E-state index contributed by atoms with van der Waals surface area (Å²) in [6.07, 6.45) is 0. The third-order valence-electron chi connectivity index (χ3n) is 3.52. The van der Waals surface area contributed by atoms with E-state index in [1.165, 1.54) is 36.0 Å². The lowest BCUT2D eigenvalue weighted by Gasteiger charge is -2.18. The van der Waals surface area contributed by atoms with Gasteiger partial charge in [-0.2, -0.15) is 8.78 Å². The minimum atomic E-state index is -3.58. The second kappa shape index (κ2) is 6.97. The van der Waals surface area contributed by atoms with E-state index in [9.17, 15) is 13.6 Å². The Morgan fingerprint density at radius 3 is 1.96 bits per heavy atom. The molecule has 3 aromatic rings. The maximum atomic E-state index is 14.8. The summed E-state index contributed by atoms with van der Waals surface area (Å²) < 4.78 is 29.7. The van der Waals surface area contributed by atoms with Crippen LogP contribution in [0.4, 0.5) is 8.78 Å². The zero-order valence-electron chi connectivity index (χ0n) is 12.7. The van der Waals surface area contributed by atoms with Gasteiger partial charge in [0.25, 0.3) is 0 Å². The fraction of sp³-hybridized carbons (Fsp3) is 0.0500. The summed E-state index contributed by atoms with van der Waals surface area (Å²) in [6.45, 7) is 0. The van der Waals surface area contributed by atoms with Crippen LogP contribution in [0.5, 0.6) is 0 Å². The zero-order valence-corrected chi connectivity index (χ0v) is 13.5. The van der Waals surface area contributed by atoms with Gasteiger partial charge in [-0.05, 0) is 18.2 Å². The molecule has 4 heteroatoms. The number of carbonyl (C=O) groups is 1. The molecular weight excluding hydrogens is 326 g/mol. The molecule has 0 radical (unpaired) electrons. The van der Waals surface area contributed by atoms with Crippen molar-refractivity contribution in [3.05, 3.63) is 96.1 Å². The number of hydrogen-bond acceptors (Lipinski definition) is 2. The topological polar surface area (TPSA) is 17.1 Å². The predicted molar refractivity (Wildman–Crippen MR) is 91.7 cm³/mol. The second-order valence-electron chi connectivity index (χ2n) is 5.18. The Bertz CT molecular complexity index is 833. The quantitative estimate of drug-likeness (QED) is 0.545. The molecule has 0 amide bonds. The lowest BCUT2D eigenvalue weighted by molar-refractivity contribution is 0.00578. The predicted octanol–water partition coefficient (Wildman–Crippen LogP) is 5.81. The highest BCUT2D eigenvalue weighted by molar-refractivity contribution is 7.99. The number of rotatable bonds is 5. The third-order valence-corrected chi connectivity index (χ3v) is 4.60. The Morgan fingerprint density at radius 2 is 1.29 bits per heavy atom. The summed E-state index contributed by atoms with van der Waals surface area (Å²) in [4.78, 5) is 13.5. The van der Waals surface area contributed by atoms with E-state index < -0.39 is 11.7 Å². The minimum absolute atomic E-state index is 0.00186. The highest BCUT2D eigenvalue weighted by Crippen LogP contribution is 2.40. The molecule has 24 heavy (non-hydrogen) atoms. The Kier molecular flexibility index (Phi) is 4.76. The van der Waals surface area contributed by atoms with E-state index in [1.807, 2.05) is 30.3 Å². The molecule has 0 aliphatic heterocycles. The first-order chi connectivity index (χ1) is 11.6. The first-order valence-corrected chi connectivity index (χ1v) is 8.21. The van der Waals surface area contributed by atoms with Crippen molar-refractivity contribution in [2.45, 2.75) is 15.7 Å². The van der Waals surface area contributed by atoms with Crippen LogP contribution in [0.15, 0.2) is 94.7 Å².